The number of carbonyl (C=O) groups is 1. The molecule has 102 valence electrons. The molecule has 1 aromatic heterocycles. The van der Waals surface area contributed by atoms with Gasteiger partial charge in [0.05, 0.1) is 6.04 Å². The fourth-order valence-electron chi connectivity index (χ4n) is 1.66. The zero-order valence-electron chi connectivity index (χ0n) is 11.9. The molecule has 1 atom stereocenters. The van der Waals surface area contributed by atoms with Crippen molar-refractivity contribution in [3.05, 3.63) is 22.4 Å². The third-order valence-electron chi connectivity index (χ3n) is 2.86. The molecule has 1 heterocycles. The summed E-state index contributed by atoms with van der Waals surface area (Å²) in [6.07, 6.45) is 0. The number of nitrogens with one attached hydrogen (secondary N) is 2. The Morgan fingerprint density at radius 1 is 1.39 bits per heavy atom. The predicted octanol–water partition coefficient (Wildman–Crippen LogP) is 2.53. The zero-order valence-corrected chi connectivity index (χ0v) is 12.7. The molecule has 1 unspecified atom stereocenters. The van der Waals surface area contributed by atoms with Crippen LogP contribution >= 0.6 is 11.3 Å². The van der Waals surface area contributed by atoms with Crippen LogP contribution in [0, 0.1) is 0 Å². The first kappa shape index (κ1) is 15.2. The van der Waals surface area contributed by atoms with Gasteiger partial charge in [0.15, 0.2) is 0 Å². The van der Waals surface area contributed by atoms with E-state index in [-0.39, 0.29) is 23.4 Å². The number of rotatable bonds is 6. The van der Waals surface area contributed by atoms with Crippen molar-refractivity contribution in [3.8, 4) is 0 Å². The molecule has 1 amide bonds. The smallest absolute Gasteiger partial charge is 0.237 e. The van der Waals surface area contributed by atoms with E-state index >= 15 is 0 Å². The van der Waals surface area contributed by atoms with E-state index in [2.05, 4.69) is 42.0 Å². The van der Waals surface area contributed by atoms with Crippen LogP contribution in [-0.2, 0) is 10.2 Å². The number of carbonyl (C=O) groups excluding carboxylic acids is 1. The molecule has 0 spiro atoms. The summed E-state index contributed by atoms with van der Waals surface area (Å²) in [5.41, 5.74) is 0.0561. The SMILES string of the molecule is CC(C)NC(=O)C(C)NCC(C)(C)c1cccs1. The molecule has 0 aliphatic rings. The first-order valence-electron chi connectivity index (χ1n) is 6.40. The van der Waals surface area contributed by atoms with Gasteiger partial charge in [-0.1, -0.05) is 19.9 Å². The van der Waals surface area contributed by atoms with Crippen molar-refractivity contribution in [1.29, 1.82) is 0 Å². The van der Waals surface area contributed by atoms with Gasteiger partial charge in [0.2, 0.25) is 5.91 Å². The fourth-order valence-corrected chi connectivity index (χ4v) is 2.51. The third-order valence-corrected chi connectivity index (χ3v) is 4.10. The number of thiophene rings is 1. The van der Waals surface area contributed by atoms with E-state index in [1.165, 1.54) is 4.88 Å². The Balaban J connectivity index is 2.47. The van der Waals surface area contributed by atoms with E-state index in [0.29, 0.717) is 0 Å². The van der Waals surface area contributed by atoms with Gasteiger partial charge >= 0.3 is 0 Å². The summed E-state index contributed by atoms with van der Waals surface area (Å²) >= 11 is 1.76. The lowest BCUT2D eigenvalue weighted by atomic mass is 9.91. The Morgan fingerprint density at radius 2 is 2.06 bits per heavy atom. The van der Waals surface area contributed by atoms with Crippen molar-refractivity contribution in [2.24, 2.45) is 0 Å². The molecule has 0 saturated carbocycles. The maximum Gasteiger partial charge on any atom is 0.237 e. The van der Waals surface area contributed by atoms with E-state index in [1.54, 1.807) is 11.3 Å². The number of hydrogen-bond acceptors (Lipinski definition) is 3. The Labute approximate surface area is 114 Å². The molecule has 18 heavy (non-hydrogen) atoms. The second-order valence-electron chi connectivity index (χ2n) is 5.63. The predicted molar refractivity (Wildman–Crippen MR) is 78.1 cm³/mol. The highest BCUT2D eigenvalue weighted by Gasteiger charge is 2.23. The first-order valence-corrected chi connectivity index (χ1v) is 7.28. The molecule has 0 aromatic carbocycles. The second kappa shape index (κ2) is 6.34. The number of amides is 1. The summed E-state index contributed by atoms with van der Waals surface area (Å²) in [5.74, 6) is 0.0620. The van der Waals surface area contributed by atoms with Crippen LogP contribution in [0.1, 0.15) is 39.5 Å². The molecular formula is C14H24N2OS. The molecule has 2 N–H and O–H groups in total. The Bertz CT molecular complexity index is 371. The Hall–Kier alpha value is -0.870. The van der Waals surface area contributed by atoms with Gasteiger partial charge in [0, 0.05) is 22.9 Å². The minimum atomic E-state index is -0.161. The molecule has 0 bridgehead atoms. The maximum absolute atomic E-state index is 11.8. The molecule has 0 aliphatic carbocycles. The van der Waals surface area contributed by atoms with Gasteiger partial charge in [-0.05, 0) is 32.2 Å². The van der Waals surface area contributed by atoms with Gasteiger partial charge in [-0.2, -0.15) is 0 Å². The maximum atomic E-state index is 11.8. The van der Waals surface area contributed by atoms with Crippen LogP contribution in [0.3, 0.4) is 0 Å². The molecule has 0 fully saturated rings. The monoisotopic (exact) mass is 268 g/mol. The molecule has 0 aliphatic heterocycles. The molecule has 4 heteroatoms. The highest BCUT2D eigenvalue weighted by molar-refractivity contribution is 7.10. The molecular weight excluding hydrogens is 244 g/mol. The lowest BCUT2D eigenvalue weighted by Crippen LogP contribution is -2.47. The lowest BCUT2D eigenvalue weighted by Gasteiger charge is -2.26. The summed E-state index contributed by atoms with van der Waals surface area (Å²) in [7, 11) is 0. The van der Waals surface area contributed by atoms with Crippen LogP contribution in [0.2, 0.25) is 0 Å². The minimum absolute atomic E-state index is 0.0561. The van der Waals surface area contributed by atoms with Crippen LogP contribution in [0.5, 0.6) is 0 Å². The third kappa shape index (κ3) is 4.42. The summed E-state index contributed by atoms with van der Waals surface area (Å²) in [5, 5.41) is 8.31. The minimum Gasteiger partial charge on any atom is -0.353 e. The summed E-state index contributed by atoms with van der Waals surface area (Å²) in [6.45, 7) is 11.0. The van der Waals surface area contributed by atoms with Crippen molar-refractivity contribution in [1.82, 2.24) is 10.6 Å². The van der Waals surface area contributed by atoms with Crippen molar-refractivity contribution in [2.45, 2.75) is 52.1 Å². The van der Waals surface area contributed by atoms with E-state index in [9.17, 15) is 4.79 Å². The molecule has 1 aromatic rings. The first-order chi connectivity index (χ1) is 8.33. The normalized spacial score (nSPS) is 13.7. The highest BCUT2D eigenvalue weighted by atomic mass is 32.1. The van der Waals surface area contributed by atoms with Crippen LogP contribution in [0.4, 0.5) is 0 Å². The van der Waals surface area contributed by atoms with Crippen LogP contribution in [0.25, 0.3) is 0 Å². The largest absolute Gasteiger partial charge is 0.353 e. The van der Waals surface area contributed by atoms with Crippen LogP contribution in [0.15, 0.2) is 17.5 Å². The standard InChI is InChI=1S/C14H24N2OS/c1-10(2)16-13(17)11(3)15-9-14(4,5)12-7-6-8-18-12/h6-8,10-11,15H,9H2,1-5H3,(H,16,17). The Morgan fingerprint density at radius 3 is 2.56 bits per heavy atom. The highest BCUT2D eigenvalue weighted by Crippen LogP contribution is 2.26. The molecule has 0 saturated heterocycles. The van der Waals surface area contributed by atoms with E-state index in [4.69, 9.17) is 0 Å². The van der Waals surface area contributed by atoms with Crippen LogP contribution in [-0.4, -0.2) is 24.5 Å². The van der Waals surface area contributed by atoms with Gasteiger partial charge < -0.3 is 10.6 Å². The van der Waals surface area contributed by atoms with Crippen molar-refractivity contribution in [2.75, 3.05) is 6.54 Å². The summed E-state index contributed by atoms with van der Waals surface area (Å²) in [4.78, 5) is 13.1. The van der Waals surface area contributed by atoms with Gasteiger partial charge in [-0.3, -0.25) is 4.79 Å². The average molecular weight is 268 g/mol. The van der Waals surface area contributed by atoms with E-state index < -0.39 is 0 Å². The Kier molecular flexibility index (Phi) is 5.35. The van der Waals surface area contributed by atoms with Gasteiger partial charge in [0.1, 0.15) is 0 Å². The van der Waals surface area contributed by atoms with E-state index in [1.807, 2.05) is 20.8 Å². The van der Waals surface area contributed by atoms with Crippen LogP contribution < -0.4 is 10.6 Å². The van der Waals surface area contributed by atoms with Crippen molar-refractivity contribution in [3.63, 3.8) is 0 Å². The summed E-state index contributed by atoms with van der Waals surface area (Å²) in [6, 6.07) is 4.24. The second-order valence-corrected chi connectivity index (χ2v) is 6.57. The van der Waals surface area contributed by atoms with Crippen molar-refractivity contribution < 1.29 is 4.79 Å². The summed E-state index contributed by atoms with van der Waals surface area (Å²) < 4.78 is 0. The van der Waals surface area contributed by atoms with Crippen molar-refractivity contribution >= 4 is 17.2 Å². The van der Waals surface area contributed by atoms with Gasteiger partial charge in [-0.25, -0.2) is 0 Å². The quantitative estimate of drug-likeness (QED) is 0.832. The molecule has 0 radical (unpaired) electrons. The van der Waals surface area contributed by atoms with E-state index in [0.717, 1.165) is 6.54 Å². The average Bonchev–Trinajstić information content (AvgIpc) is 2.78. The fraction of sp³-hybridized carbons (Fsp3) is 0.643. The molecule has 3 nitrogen and oxygen atoms in total. The van der Waals surface area contributed by atoms with Gasteiger partial charge in [-0.15, -0.1) is 11.3 Å². The molecule has 1 rings (SSSR count). The number of hydrogen-bond donors (Lipinski definition) is 2. The topological polar surface area (TPSA) is 41.1 Å². The zero-order chi connectivity index (χ0) is 13.8. The van der Waals surface area contributed by atoms with Gasteiger partial charge in [0.25, 0.3) is 0 Å². The lowest BCUT2D eigenvalue weighted by molar-refractivity contribution is -0.123.